The van der Waals surface area contributed by atoms with Gasteiger partial charge in [0.25, 0.3) is 5.91 Å². The smallest absolute Gasteiger partial charge is 0.325 e. The van der Waals surface area contributed by atoms with Crippen molar-refractivity contribution in [2.24, 2.45) is 0 Å². The molecule has 1 spiro atoms. The normalized spacial score (nSPS) is 19.0. The van der Waals surface area contributed by atoms with Crippen molar-refractivity contribution in [2.75, 3.05) is 33.0 Å². The summed E-state index contributed by atoms with van der Waals surface area (Å²) in [5.74, 6) is 1.20. The first kappa shape index (κ1) is 14.6. The monoisotopic (exact) mass is 306 g/mol. The van der Waals surface area contributed by atoms with Gasteiger partial charge in [0.1, 0.15) is 18.1 Å². The van der Waals surface area contributed by atoms with Crippen LogP contribution in [0.1, 0.15) is 6.92 Å². The van der Waals surface area contributed by atoms with E-state index in [2.05, 4.69) is 5.32 Å². The average molecular weight is 306 g/mol. The molecule has 1 N–H and O–H groups in total. The van der Waals surface area contributed by atoms with E-state index in [4.69, 9.17) is 14.2 Å². The first-order valence-corrected chi connectivity index (χ1v) is 7.22. The Balaban J connectivity index is 1.50. The van der Waals surface area contributed by atoms with Crippen LogP contribution in [0.2, 0.25) is 0 Å². The molecule has 3 amide bonds. The van der Waals surface area contributed by atoms with Gasteiger partial charge in [0.15, 0.2) is 5.54 Å². The highest BCUT2D eigenvalue weighted by Gasteiger charge is 2.56. The maximum absolute atomic E-state index is 12.2. The number of imide groups is 1. The maximum atomic E-state index is 12.2. The lowest BCUT2D eigenvalue weighted by molar-refractivity contribution is -0.147. The second-order valence-electron chi connectivity index (χ2n) is 5.21. The Morgan fingerprint density at radius 1 is 1.18 bits per heavy atom. The molecule has 2 aliphatic heterocycles. The largest absolute Gasteiger partial charge is 0.494 e. The van der Waals surface area contributed by atoms with E-state index in [1.807, 2.05) is 19.1 Å². The molecule has 7 heteroatoms. The first-order valence-electron chi connectivity index (χ1n) is 7.22. The highest BCUT2D eigenvalue weighted by molar-refractivity contribution is 6.07. The number of hydrogen-bond donors (Lipinski definition) is 1. The van der Waals surface area contributed by atoms with Gasteiger partial charge in [-0.1, -0.05) is 0 Å². The fourth-order valence-electron chi connectivity index (χ4n) is 2.43. The van der Waals surface area contributed by atoms with Crippen molar-refractivity contribution >= 4 is 11.9 Å². The van der Waals surface area contributed by atoms with E-state index in [1.165, 1.54) is 4.90 Å². The molecule has 2 saturated heterocycles. The lowest BCUT2D eigenvalue weighted by Gasteiger charge is -2.34. The molecule has 0 atom stereocenters. The molecule has 0 aliphatic carbocycles. The number of amides is 3. The van der Waals surface area contributed by atoms with Crippen LogP contribution in [-0.2, 0) is 9.53 Å². The number of ether oxygens (including phenoxy) is 3. The van der Waals surface area contributed by atoms with E-state index in [1.54, 1.807) is 12.1 Å². The zero-order valence-electron chi connectivity index (χ0n) is 12.3. The maximum Gasteiger partial charge on any atom is 0.325 e. The van der Waals surface area contributed by atoms with Gasteiger partial charge in [0, 0.05) is 0 Å². The van der Waals surface area contributed by atoms with E-state index >= 15 is 0 Å². The topological polar surface area (TPSA) is 77.1 Å². The first-order chi connectivity index (χ1) is 10.6. The highest BCUT2D eigenvalue weighted by Crippen LogP contribution is 2.25. The number of benzene rings is 1. The number of carbonyl (C=O) groups is 2. The Morgan fingerprint density at radius 2 is 1.82 bits per heavy atom. The van der Waals surface area contributed by atoms with Crippen LogP contribution in [0.15, 0.2) is 24.3 Å². The van der Waals surface area contributed by atoms with Crippen LogP contribution < -0.4 is 14.8 Å². The van der Waals surface area contributed by atoms with Crippen molar-refractivity contribution < 1.29 is 23.8 Å². The molecule has 2 fully saturated rings. The van der Waals surface area contributed by atoms with E-state index in [-0.39, 0.29) is 38.3 Å². The molecule has 2 aliphatic rings. The summed E-state index contributed by atoms with van der Waals surface area (Å²) >= 11 is 0. The summed E-state index contributed by atoms with van der Waals surface area (Å²) in [5, 5.41) is 2.68. The molecule has 3 rings (SSSR count). The van der Waals surface area contributed by atoms with Crippen LogP contribution >= 0.6 is 0 Å². The SMILES string of the molecule is CCOc1ccc(OCCN2C(=O)NC3(COC3)C2=O)cc1. The van der Waals surface area contributed by atoms with E-state index in [0.717, 1.165) is 5.75 Å². The van der Waals surface area contributed by atoms with Gasteiger partial charge in [-0.25, -0.2) is 4.79 Å². The lowest BCUT2D eigenvalue weighted by atomic mass is 9.98. The minimum atomic E-state index is -0.837. The summed E-state index contributed by atoms with van der Waals surface area (Å²) in [5.41, 5.74) is -0.837. The number of carbonyl (C=O) groups excluding carboxylic acids is 2. The second kappa shape index (κ2) is 5.84. The second-order valence-corrected chi connectivity index (χ2v) is 5.21. The molecule has 0 aromatic heterocycles. The van der Waals surface area contributed by atoms with Gasteiger partial charge in [-0.05, 0) is 31.2 Å². The van der Waals surface area contributed by atoms with Crippen LogP contribution in [-0.4, -0.2) is 55.3 Å². The van der Waals surface area contributed by atoms with E-state index < -0.39 is 5.54 Å². The Kier molecular flexibility index (Phi) is 3.89. The predicted octanol–water partition coefficient (Wildman–Crippen LogP) is 0.785. The third kappa shape index (κ3) is 2.59. The fraction of sp³-hybridized carbons (Fsp3) is 0.467. The van der Waals surface area contributed by atoms with Gasteiger partial charge >= 0.3 is 6.03 Å². The van der Waals surface area contributed by atoms with Crippen LogP contribution in [0, 0.1) is 0 Å². The average Bonchev–Trinajstić information content (AvgIpc) is 2.74. The minimum absolute atomic E-state index is 0.208. The molecule has 0 saturated carbocycles. The molecule has 7 nitrogen and oxygen atoms in total. The lowest BCUT2D eigenvalue weighted by Crippen LogP contribution is -2.62. The van der Waals surface area contributed by atoms with Crippen LogP contribution in [0.3, 0.4) is 0 Å². The molecular formula is C15H18N2O5. The summed E-state index contributed by atoms with van der Waals surface area (Å²) in [4.78, 5) is 25.2. The van der Waals surface area contributed by atoms with Crippen LogP contribution in [0.4, 0.5) is 4.79 Å². The Labute approximate surface area is 128 Å². The standard InChI is InChI=1S/C15H18N2O5/c1-2-21-11-3-5-12(6-4-11)22-8-7-17-13(18)15(9-20-10-15)16-14(17)19/h3-6H,2,7-10H2,1H3,(H,16,19). The highest BCUT2D eigenvalue weighted by atomic mass is 16.5. The Morgan fingerprint density at radius 3 is 2.32 bits per heavy atom. The number of nitrogens with zero attached hydrogens (tertiary/aromatic N) is 1. The zero-order valence-corrected chi connectivity index (χ0v) is 12.3. The van der Waals surface area contributed by atoms with Crippen LogP contribution in [0.5, 0.6) is 11.5 Å². The summed E-state index contributed by atoms with van der Waals surface area (Å²) in [7, 11) is 0. The zero-order chi connectivity index (χ0) is 15.6. The summed E-state index contributed by atoms with van der Waals surface area (Å²) in [6.07, 6.45) is 0. The van der Waals surface area contributed by atoms with Gasteiger partial charge < -0.3 is 19.5 Å². The van der Waals surface area contributed by atoms with Crippen molar-refractivity contribution in [3.05, 3.63) is 24.3 Å². The van der Waals surface area contributed by atoms with Crippen molar-refractivity contribution in [1.29, 1.82) is 0 Å². The molecule has 2 heterocycles. The number of urea groups is 1. The summed E-state index contributed by atoms with van der Waals surface area (Å²) in [6, 6.07) is 6.82. The Bertz CT molecular complexity index is 568. The molecule has 118 valence electrons. The third-order valence-electron chi connectivity index (χ3n) is 3.66. The van der Waals surface area contributed by atoms with Crippen molar-refractivity contribution in [1.82, 2.24) is 10.2 Å². The molecule has 22 heavy (non-hydrogen) atoms. The summed E-state index contributed by atoms with van der Waals surface area (Å²) < 4.78 is 15.9. The van der Waals surface area contributed by atoms with Crippen molar-refractivity contribution in [3.8, 4) is 11.5 Å². The molecular weight excluding hydrogens is 288 g/mol. The van der Waals surface area contributed by atoms with Gasteiger partial charge in [-0.2, -0.15) is 0 Å². The number of rotatable bonds is 6. The van der Waals surface area contributed by atoms with E-state index in [0.29, 0.717) is 12.4 Å². The van der Waals surface area contributed by atoms with Crippen LogP contribution in [0.25, 0.3) is 0 Å². The number of nitrogens with one attached hydrogen (secondary N) is 1. The third-order valence-corrected chi connectivity index (χ3v) is 3.66. The molecule has 0 unspecified atom stereocenters. The fourth-order valence-corrected chi connectivity index (χ4v) is 2.43. The van der Waals surface area contributed by atoms with Crippen molar-refractivity contribution in [3.63, 3.8) is 0 Å². The predicted molar refractivity (Wildman–Crippen MR) is 76.9 cm³/mol. The van der Waals surface area contributed by atoms with Gasteiger partial charge in [-0.3, -0.25) is 9.69 Å². The van der Waals surface area contributed by atoms with Gasteiger partial charge in [0.2, 0.25) is 0 Å². The number of hydrogen-bond acceptors (Lipinski definition) is 5. The Hall–Kier alpha value is -2.28. The molecule has 1 aromatic rings. The minimum Gasteiger partial charge on any atom is -0.494 e. The molecule has 0 radical (unpaired) electrons. The quantitative estimate of drug-likeness (QED) is 0.786. The van der Waals surface area contributed by atoms with E-state index in [9.17, 15) is 9.59 Å². The van der Waals surface area contributed by atoms with Crippen molar-refractivity contribution in [2.45, 2.75) is 12.5 Å². The molecule has 0 bridgehead atoms. The summed E-state index contributed by atoms with van der Waals surface area (Å²) in [6.45, 7) is 3.46. The van der Waals surface area contributed by atoms with Gasteiger partial charge in [-0.15, -0.1) is 0 Å². The van der Waals surface area contributed by atoms with Gasteiger partial charge in [0.05, 0.1) is 26.4 Å². The molecule has 1 aromatic carbocycles.